The van der Waals surface area contributed by atoms with Gasteiger partial charge in [-0.15, -0.1) is 11.3 Å². The highest BCUT2D eigenvalue weighted by Crippen LogP contribution is 2.28. The molecule has 0 spiro atoms. The molecule has 1 saturated heterocycles. The van der Waals surface area contributed by atoms with Crippen LogP contribution in [0.2, 0.25) is 0 Å². The third-order valence-electron chi connectivity index (χ3n) is 3.34. The average Bonchev–Trinajstić information content (AvgIpc) is 3.00. The molecular formula is C14H20BrNO2S. The van der Waals surface area contributed by atoms with Crippen LogP contribution in [0.15, 0.2) is 10.5 Å². The van der Waals surface area contributed by atoms with E-state index in [4.69, 9.17) is 4.74 Å². The maximum Gasteiger partial charge on any atom is 0.261 e. The van der Waals surface area contributed by atoms with Crippen LogP contribution in [0.1, 0.15) is 47.7 Å². The third-order valence-corrected chi connectivity index (χ3v) is 5.50. The van der Waals surface area contributed by atoms with E-state index < -0.39 is 0 Å². The predicted molar refractivity (Wildman–Crippen MR) is 81.9 cm³/mol. The summed E-state index contributed by atoms with van der Waals surface area (Å²) < 4.78 is 6.65. The molecule has 1 aromatic rings. The van der Waals surface area contributed by atoms with Gasteiger partial charge in [-0.2, -0.15) is 0 Å². The van der Waals surface area contributed by atoms with Crippen molar-refractivity contribution in [3.05, 3.63) is 20.3 Å². The van der Waals surface area contributed by atoms with E-state index in [0.717, 1.165) is 41.6 Å². The van der Waals surface area contributed by atoms with Gasteiger partial charge in [0.15, 0.2) is 0 Å². The number of hydrogen-bond acceptors (Lipinski definition) is 3. The van der Waals surface area contributed by atoms with Crippen LogP contribution in [-0.2, 0) is 11.2 Å². The largest absolute Gasteiger partial charge is 0.376 e. The van der Waals surface area contributed by atoms with E-state index in [1.807, 2.05) is 13.0 Å². The summed E-state index contributed by atoms with van der Waals surface area (Å²) in [4.78, 5) is 14.2. The Balaban J connectivity index is 1.97. The second kappa shape index (κ2) is 6.86. The predicted octanol–water partition coefficient (Wildman–Crippen LogP) is 3.76. The molecule has 5 heteroatoms. The Bertz CT molecular complexity index is 441. The molecule has 3 nitrogen and oxygen atoms in total. The van der Waals surface area contributed by atoms with Crippen LogP contribution in [0.25, 0.3) is 0 Å². The lowest BCUT2D eigenvalue weighted by Crippen LogP contribution is -2.40. The fourth-order valence-electron chi connectivity index (χ4n) is 2.28. The summed E-state index contributed by atoms with van der Waals surface area (Å²) in [5.74, 6) is 0.0102. The van der Waals surface area contributed by atoms with Crippen molar-refractivity contribution in [3.8, 4) is 0 Å². The van der Waals surface area contributed by atoms with Crippen molar-refractivity contribution in [1.29, 1.82) is 0 Å². The summed E-state index contributed by atoms with van der Waals surface area (Å²) in [7, 11) is 0. The molecule has 1 N–H and O–H groups in total. The number of ether oxygens (including phenoxy) is 1. The fourth-order valence-corrected chi connectivity index (χ4v) is 4.16. The molecule has 106 valence electrons. The second-order valence-electron chi connectivity index (χ2n) is 4.95. The molecule has 1 amide bonds. The van der Waals surface area contributed by atoms with Crippen LogP contribution in [0.5, 0.6) is 0 Å². The third kappa shape index (κ3) is 3.80. The Labute approximate surface area is 126 Å². The molecule has 2 rings (SSSR count). The number of hydrogen-bond donors (Lipinski definition) is 1. The summed E-state index contributed by atoms with van der Waals surface area (Å²) in [5.41, 5.74) is 0. The highest BCUT2D eigenvalue weighted by Gasteiger charge is 2.24. The van der Waals surface area contributed by atoms with E-state index in [1.165, 1.54) is 4.88 Å². The lowest BCUT2D eigenvalue weighted by molar-refractivity contribution is 0.0714. The van der Waals surface area contributed by atoms with Gasteiger partial charge in [-0.1, -0.05) is 13.3 Å². The van der Waals surface area contributed by atoms with E-state index in [-0.39, 0.29) is 18.1 Å². The number of rotatable bonds is 5. The molecule has 0 bridgehead atoms. The molecule has 1 aliphatic heterocycles. The summed E-state index contributed by atoms with van der Waals surface area (Å²) in [6.45, 7) is 4.98. The van der Waals surface area contributed by atoms with Gasteiger partial charge in [-0.3, -0.25) is 4.79 Å². The number of thiophene rings is 1. The molecule has 1 aliphatic rings. The molecule has 0 unspecified atom stereocenters. The monoisotopic (exact) mass is 345 g/mol. The van der Waals surface area contributed by atoms with Gasteiger partial charge in [-0.25, -0.2) is 0 Å². The van der Waals surface area contributed by atoms with Crippen molar-refractivity contribution in [2.24, 2.45) is 0 Å². The summed E-state index contributed by atoms with van der Waals surface area (Å²) >= 11 is 5.10. The molecule has 1 aromatic heterocycles. The van der Waals surface area contributed by atoms with Crippen molar-refractivity contribution in [2.45, 2.75) is 51.7 Å². The van der Waals surface area contributed by atoms with Gasteiger partial charge in [0, 0.05) is 16.0 Å². The normalized spacial score (nSPS) is 20.5. The smallest absolute Gasteiger partial charge is 0.261 e. The lowest BCUT2D eigenvalue weighted by Gasteiger charge is -2.19. The van der Waals surface area contributed by atoms with Crippen LogP contribution < -0.4 is 5.32 Å². The SMILES string of the molecule is CCCc1sc(C(=O)N[C@H](C)[C@@H]2CCCO2)cc1Br. The maximum atomic E-state index is 12.2. The highest BCUT2D eigenvalue weighted by atomic mass is 79.9. The van der Waals surface area contributed by atoms with Gasteiger partial charge >= 0.3 is 0 Å². The van der Waals surface area contributed by atoms with E-state index in [0.29, 0.717) is 0 Å². The molecule has 0 aromatic carbocycles. The fraction of sp³-hybridized carbons (Fsp3) is 0.643. The quantitative estimate of drug-likeness (QED) is 0.882. The maximum absolute atomic E-state index is 12.2. The van der Waals surface area contributed by atoms with Gasteiger partial charge in [0.1, 0.15) is 0 Å². The average molecular weight is 346 g/mol. The zero-order chi connectivity index (χ0) is 13.8. The molecule has 0 aliphatic carbocycles. The van der Waals surface area contributed by atoms with Crippen molar-refractivity contribution >= 4 is 33.2 Å². The highest BCUT2D eigenvalue weighted by molar-refractivity contribution is 9.10. The number of aryl methyl sites for hydroxylation is 1. The Kier molecular flexibility index (Phi) is 5.42. The Hall–Kier alpha value is -0.390. The van der Waals surface area contributed by atoms with E-state index in [2.05, 4.69) is 28.2 Å². The Morgan fingerprint density at radius 2 is 2.47 bits per heavy atom. The van der Waals surface area contributed by atoms with Gasteiger partial charge in [0.2, 0.25) is 0 Å². The van der Waals surface area contributed by atoms with Crippen molar-refractivity contribution in [3.63, 3.8) is 0 Å². The number of carbonyl (C=O) groups is 1. The standard InChI is InChI=1S/C14H20BrNO2S/c1-3-5-12-10(15)8-13(19-12)14(17)16-9(2)11-6-4-7-18-11/h8-9,11H,3-7H2,1-2H3,(H,16,17)/t9-,11+/m1/s1. The van der Waals surface area contributed by atoms with Crippen LogP contribution >= 0.6 is 27.3 Å². The second-order valence-corrected chi connectivity index (χ2v) is 6.94. The minimum atomic E-state index is 0.0102. The first-order valence-electron chi connectivity index (χ1n) is 6.82. The number of amides is 1. The molecular weight excluding hydrogens is 326 g/mol. The van der Waals surface area contributed by atoms with Gasteiger partial charge in [0.25, 0.3) is 5.91 Å². The topological polar surface area (TPSA) is 38.3 Å². The van der Waals surface area contributed by atoms with E-state index in [1.54, 1.807) is 11.3 Å². The first-order chi connectivity index (χ1) is 9.11. The van der Waals surface area contributed by atoms with E-state index >= 15 is 0 Å². The summed E-state index contributed by atoms with van der Waals surface area (Å²) in [6.07, 6.45) is 4.40. The first kappa shape index (κ1) is 15.0. The minimum Gasteiger partial charge on any atom is -0.376 e. The van der Waals surface area contributed by atoms with Crippen LogP contribution in [-0.4, -0.2) is 24.7 Å². The van der Waals surface area contributed by atoms with E-state index in [9.17, 15) is 4.79 Å². The Morgan fingerprint density at radius 1 is 1.68 bits per heavy atom. The van der Waals surface area contributed by atoms with Gasteiger partial charge in [0.05, 0.1) is 17.0 Å². The molecule has 1 fully saturated rings. The van der Waals surface area contributed by atoms with Crippen LogP contribution in [0.3, 0.4) is 0 Å². The first-order valence-corrected chi connectivity index (χ1v) is 8.43. The molecule has 2 heterocycles. The molecule has 0 saturated carbocycles. The minimum absolute atomic E-state index is 0.0102. The summed E-state index contributed by atoms with van der Waals surface area (Å²) in [5, 5.41) is 3.05. The van der Waals surface area contributed by atoms with Crippen molar-refractivity contribution in [2.75, 3.05) is 6.61 Å². The summed E-state index contributed by atoms with van der Waals surface area (Å²) in [6, 6.07) is 2.00. The van der Waals surface area contributed by atoms with Crippen LogP contribution in [0, 0.1) is 0 Å². The lowest BCUT2D eigenvalue weighted by atomic mass is 10.1. The van der Waals surface area contributed by atoms with Crippen molar-refractivity contribution in [1.82, 2.24) is 5.32 Å². The van der Waals surface area contributed by atoms with Gasteiger partial charge in [-0.05, 0) is 48.2 Å². The molecule has 19 heavy (non-hydrogen) atoms. The van der Waals surface area contributed by atoms with Crippen LogP contribution in [0.4, 0.5) is 0 Å². The van der Waals surface area contributed by atoms with Gasteiger partial charge < -0.3 is 10.1 Å². The zero-order valence-electron chi connectivity index (χ0n) is 11.4. The zero-order valence-corrected chi connectivity index (χ0v) is 13.8. The number of nitrogens with one attached hydrogen (secondary N) is 1. The number of halogens is 1. The van der Waals surface area contributed by atoms with Crippen molar-refractivity contribution < 1.29 is 9.53 Å². The number of carbonyl (C=O) groups excluding carboxylic acids is 1. The molecule has 2 atom stereocenters. The molecule has 0 radical (unpaired) electrons. The Morgan fingerprint density at radius 3 is 3.11 bits per heavy atom.